The lowest BCUT2D eigenvalue weighted by Crippen LogP contribution is -2.57. The van der Waals surface area contributed by atoms with Gasteiger partial charge in [-0.3, -0.25) is 14.4 Å². The Balaban J connectivity index is 1.25. The Morgan fingerprint density at radius 2 is 1.64 bits per heavy atom. The zero-order valence-corrected chi connectivity index (χ0v) is 23.9. The molecule has 5 rings (SSSR count). The predicted molar refractivity (Wildman–Crippen MR) is 158 cm³/mol. The Kier molecular flexibility index (Phi) is 9.05. The molecule has 0 unspecified atom stereocenters. The van der Waals surface area contributed by atoms with Crippen LogP contribution in [0.2, 0.25) is 0 Å². The average molecular weight is 573 g/mol. The first-order valence-electron chi connectivity index (χ1n) is 14.5. The molecular formula is C33H37FN4O4. The van der Waals surface area contributed by atoms with E-state index in [9.17, 15) is 18.8 Å². The largest absolute Gasteiger partial charge is 0.494 e. The zero-order valence-electron chi connectivity index (χ0n) is 23.9. The van der Waals surface area contributed by atoms with Gasteiger partial charge in [-0.15, -0.1) is 0 Å². The number of hydrogen-bond acceptors (Lipinski definition) is 5. The van der Waals surface area contributed by atoms with Crippen molar-refractivity contribution in [1.82, 2.24) is 15.1 Å². The van der Waals surface area contributed by atoms with Gasteiger partial charge in [0.05, 0.1) is 13.3 Å². The van der Waals surface area contributed by atoms with Crippen LogP contribution in [0.25, 0.3) is 0 Å². The fourth-order valence-corrected chi connectivity index (χ4v) is 5.64. The quantitative estimate of drug-likeness (QED) is 0.359. The van der Waals surface area contributed by atoms with E-state index in [1.165, 1.54) is 12.1 Å². The van der Waals surface area contributed by atoms with Crippen LogP contribution >= 0.6 is 0 Å². The smallest absolute Gasteiger partial charge is 0.253 e. The first-order chi connectivity index (χ1) is 20.4. The summed E-state index contributed by atoms with van der Waals surface area (Å²) >= 11 is 0. The van der Waals surface area contributed by atoms with Crippen molar-refractivity contribution < 1.29 is 23.5 Å². The van der Waals surface area contributed by atoms with Gasteiger partial charge in [0.2, 0.25) is 5.91 Å². The third-order valence-corrected chi connectivity index (χ3v) is 8.07. The molecule has 220 valence electrons. The van der Waals surface area contributed by atoms with E-state index in [0.717, 1.165) is 29.8 Å². The van der Waals surface area contributed by atoms with Crippen molar-refractivity contribution >= 4 is 23.4 Å². The maximum Gasteiger partial charge on any atom is 0.253 e. The van der Waals surface area contributed by atoms with E-state index in [4.69, 9.17) is 4.74 Å². The molecule has 3 aromatic carbocycles. The summed E-state index contributed by atoms with van der Waals surface area (Å²) in [6, 6.07) is 22.9. The molecule has 0 bridgehead atoms. The average Bonchev–Trinajstić information content (AvgIpc) is 3.28. The van der Waals surface area contributed by atoms with E-state index < -0.39 is 5.54 Å². The summed E-state index contributed by atoms with van der Waals surface area (Å²) in [6.07, 6.45) is 2.95. The number of anilines is 1. The van der Waals surface area contributed by atoms with Crippen LogP contribution in [-0.2, 0) is 16.1 Å². The lowest BCUT2D eigenvalue weighted by Gasteiger charge is -2.43. The number of ether oxygens (including phenoxy) is 1. The molecule has 8 nitrogen and oxygen atoms in total. The standard InChI is InChI=1S/C33H37FN4O4/c1-2-3-21-42-29-15-11-26(12-16-29)31(40)36-19-17-33(18-20-36)32(41)37(24-38(33)28-7-5-4-6-8-28)23-30(39)35-22-25-9-13-27(34)14-10-25/h4-16H,2-3,17-24H2,1H3,(H,35,39). The van der Waals surface area contributed by atoms with Crippen molar-refractivity contribution in [2.75, 3.05) is 37.8 Å². The first-order valence-corrected chi connectivity index (χ1v) is 14.5. The maximum atomic E-state index is 14.0. The van der Waals surface area contributed by atoms with Gasteiger partial charge in [0.25, 0.3) is 11.8 Å². The van der Waals surface area contributed by atoms with Crippen LogP contribution in [0.4, 0.5) is 10.1 Å². The summed E-state index contributed by atoms with van der Waals surface area (Å²) < 4.78 is 18.9. The Labute approximate surface area is 246 Å². The minimum absolute atomic E-state index is 0.0707. The number of amides is 3. The molecule has 2 aliphatic rings. The van der Waals surface area contributed by atoms with Gasteiger partial charge in [-0.25, -0.2) is 4.39 Å². The van der Waals surface area contributed by atoms with E-state index in [2.05, 4.69) is 17.1 Å². The highest BCUT2D eigenvalue weighted by Crippen LogP contribution is 2.39. The third kappa shape index (κ3) is 6.40. The lowest BCUT2D eigenvalue weighted by molar-refractivity contribution is -0.137. The molecule has 9 heteroatoms. The summed E-state index contributed by atoms with van der Waals surface area (Å²) in [7, 11) is 0. The summed E-state index contributed by atoms with van der Waals surface area (Å²) in [5, 5.41) is 2.83. The van der Waals surface area contributed by atoms with Gasteiger partial charge in [0.15, 0.2) is 0 Å². The molecule has 2 saturated heterocycles. The Hall–Kier alpha value is -4.40. The highest BCUT2D eigenvalue weighted by molar-refractivity contribution is 5.97. The molecule has 0 radical (unpaired) electrons. The first kappa shape index (κ1) is 29.1. The number of nitrogens with one attached hydrogen (secondary N) is 1. The number of carbonyl (C=O) groups is 3. The predicted octanol–water partition coefficient (Wildman–Crippen LogP) is 4.60. The van der Waals surface area contributed by atoms with E-state index in [1.54, 1.807) is 34.1 Å². The molecule has 2 fully saturated rings. The van der Waals surface area contributed by atoms with Gasteiger partial charge in [0, 0.05) is 30.9 Å². The second kappa shape index (κ2) is 13.1. The Bertz CT molecular complexity index is 1370. The van der Waals surface area contributed by atoms with Crippen LogP contribution in [0.3, 0.4) is 0 Å². The maximum absolute atomic E-state index is 14.0. The lowest BCUT2D eigenvalue weighted by atomic mass is 9.85. The fourth-order valence-electron chi connectivity index (χ4n) is 5.64. The molecule has 0 atom stereocenters. The topological polar surface area (TPSA) is 82.2 Å². The second-order valence-electron chi connectivity index (χ2n) is 10.9. The molecule has 2 aliphatic heterocycles. The van der Waals surface area contributed by atoms with E-state index >= 15 is 0 Å². The van der Waals surface area contributed by atoms with E-state index in [1.807, 2.05) is 42.5 Å². The van der Waals surface area contributed by atoms with Crippen molar-refractivity contribution in [2.45, 2.75) is 44.7 Å². The van der Waals surface area contributed by atoms with Gasteiger partial charge in [0.1, 0.15) is 23.7 Å². The molecule has 0 aliphatic carbocycles. The Morgan fingerprint density at radius 1 is 0.952 bits per heavy atom. The fraction of sp³-hybridized carbons (Fsp3) is 0.364. The van der Waals surface area contributed by atoms with Gasteiger partial charge in [-0.05, 0) is 73.4 Å². The van der Waals surface area contributed by atoms with Crippen LogP contribution < -0.4 is 15.0 Å². The van der Waals surface area contributed by atoms with Gasteiger partial charge in [-0.2, -0.15) is 0 Å². The van der Waals surface area contributed by atoms with Crippen LogP contribution in [0, 0.1) is 5.82 Å². The molecule has 3 amide bonds. The van der Waals surface area contributed by atoms with Gasteiger partial charge < -0.3 is 24.8 Å². The highest BCUT2D eigenvalue weighted by atomic mass is 19.1. The summed E-state index contributed by atoms with van der Waals surface area (Å²) in [5.74, 6) is -0.0540. The van der Waals surface area contributed by atoms with Crippen LogP contribution in [-0.4, -0.2) is 66.0 Å². The number of hydrogen-bond donors (Lipinski definition) is 1. The van der Waals surface area contributed by atoms with Crippen molar-refractivity contribution in [2.24, 2.45) is 0 Å². The summed E-state index contributed by atoms with van der Waals surface area (Å²) in [6.45, 7) is 4.05. The zero-order chi connectivity index (χ0) is 29.5. The monoisotopic (exact) mass is 572 g/mol. The molecule has 3 aromatic rings. The van der Waals surface area contributed by atoms with Crippen LogP contribution in [0.15, 0.2) is 78.9 Å². The number of nitrogens with zero attached hydrogens (tertiary/aromatic N) is 3. The van der Waals surface area contributed by atoms with Crippen LogP contribution in [0.1, 0.15) is 48.5 Å². The van der Waals surface area contributed by atoms with E-state index in [0.29, 0.717) is 38.1 Å². The van der Waals surface area contributed by atoms with E-state index in [-0.39, 0.29) is 43.3 Å². The second-order valence-corrected chi connectivity index (χ2v) is 10.9. The number of likely N-dealkylation sites (tertiary alicyclic amines) is 1. The minimum Gasteiger partial charge on any atom is -0.494 e. The molecule has 42 heavy (non-hydrogen) atoms. The Morgan fingerprint density at radius 3 is 2.31 bits per heavy atom. The molecule has 0 aromatic heterocycles. The number of unbranched alkanes of at least 4 members (excludes halogenated alkanes) is 1. The molecule has 1 spiro atoms. The number of piperidine rings is 1. The summed E-state index contributed by atoms with van der Waals surface area (Å²) in [5.41, 5.74) is 1.42. The van der Waals surface area contributed by atoms with Gasteiger partial charge in [-0.1, -0.05) is 43.7 Å². The van der Waals surface area contributed by atoms with Crippen molar-refractivity contribution in [1.29, 1.82) is 0 Å². The summed E-state index contributed by atoms with van der Waals surface area (Å²) in [4.78, 5) is 45.6. The SMILES string of the molecule is CCCCOc1ccc(C(=O)N2CCC3(CC2)C(=O)N(CC(=O)NCc2ccc(F)cc2)CN3c2ccccc2)cc1. The number of benzene rings is 3. The third-order valence-electron chi connectivity index (χ3n) is 8.07. The van der Waals surface area contributed by atoms with Crippen LogP contribution in [0.5, 0.6) is 5.75 Å². The highest BCUT2D eigenvalue weighted by Gasteiger charge is 2.54. The van der Waals surface area contributed by atoms with Crippen molar-refractivity contribution in [3.63, 3.8) is 0 Å². The molecule has 2 heterocycles. The number of rotatable bonds is 10. The number of halogens is 1. The minimum atomic E-state index is -0.841. The van der Waals surface area contributed by atoms with Gasteiger partial charge >= 0.3 is 0 Å². The molecule has 0 saturated carbocycles. The normalized spacial score (nSPS) is 16.1. The molecule has 1 N–H and O–H groups in total. The van der Waals surface area contributed by atoms with Crippen molar-refractivity contribution in [3.05, 3.63) is 95.8 Å². The number of para-hydroxylation sites is 1. The number of carbonyl (C=O) groups excluding carboxylic acids is 3. The molecular weight excluding hydrogens is 535 g/mol. The van der Waals surface area contributed by atoms with Crippen molar-refractivity contribution in [3.8, 4) is 5.75 Å².